The predicted molar refractivity (Wildman–Crippen MR) is 137 cm³/mol. The van der Waals surface area contributed by atoms with E-state index in [2.05, 4.69) is 47.5 Å². The van der Waals surface area contributed by atoms with Gasteiger partial charge in [0.15, 0.2) is 11.1 Å². The van der Waals surface area contributed by atoms with Crippen molar-refractivity contribution in [2.24, 2.45) is 12.0 Å². The van der Waals surface area contributed by atoms with Crippen LogP contribution in [0.15, 0.2) is 22.5 Å². The fourth-order valence-corrected chi connectivity index (χ4v) is 5.37. The van der Waals surface area contributed by atoms with Crippen LogP contribution in [0.2, 0.25) is 0 Å². The van der Waals surface area contributed by atoms with E-state index in [4.69, 9.17) is 0 Å². The van der Waals surface area contributed by atoms with Crippen LogP contribution in [-0.2, 0) is 13.5 Å². The number of aromatic nitrogens is 5. The van der Waals surface area contributed by atoms with Gasteiger partial charge in [-0.3, -0.25) is 9.67 Å². The number of nitrogens with zero attached hydrogens (tertiary/aromatic N) is 7. The number of nitrogens with one attached hydrogen (secondary N) is 1. The largest absolute Gasteiger partial charge is 0.356 e. The first-order chi connectivity index (χ1) is 14.7. The van der Waals surface area contributed by atoms with Gasteiger partial charge in [0.1, 0.15) is 5.82 Å². The zero-order valence-electron chi connectivity index (χ0n) is 18.8. The zero-order chi connectivity index (χ0) is 20.9. The number of hydrogen-bond acceptors (Lipinski definition) is 5. The molecule has 31 heavy (non-hydrogen) atoms. The second-order valence-corrected chi connectivity index (χ2v) is 9.14. The number of aryl methyl sites for hydroxylation is 2. The molecule has 0 radical (unpaired) electrons. The van der Waals surface area contributed by atoms with Crippen molar-refractivity contribution in [1.29, 1.82) is 0 Å². The van der Waals surface area contributed by atoms with E-state index in [1.54, 1.807) is 11.8 Å². The molecule has 1 aliphatic carbocycles. The molecule has 2 aromatic rings. The molecule has 0 amide bonds. The molecule has 0 aromatic carbocycles. The Hall–Kier alpha value is -1.30. The average Bonchev–Trinajstić information content (AvgIpc) is 3.53. The van der Waals surface area contributed by atoms with Crippen LogP contribution in [0.4, 0.5) is 0 Å². The minimum Gasteiger partial charge on any atom is -0.356 e. The second-order valence-electron chi connectivity index (χ2n) is 8.37. The SMILES string of the molecule is CN=C(NCCCc1nnc(SC)n1C1CCCC1)N1CCC(c2cnn(C)c2)C1.I. The molecule has 4 rings (SSSR count). The van der Waals surface area contributed by atoms with E-state index in [0.717, 1.165) is 55.8 Å². The second kappa shape index (κ2) is 11.5. The maximum absolute atomic E-state index is 4.52. The molecule has 2 aromatic heterocycles. The van der Waals surface area contributed by atoms with Gasteiger partial charge in [-0.05, 0) is 37.5 Å². The lowest BCUT2D eigenvalue weighted by Crippen LogP contribution is -2.40. The Morgan fingerprint density at radius 1 is 1.26 bits per heavy atom. The molecule has 1 atom stereocenters. The molecule has 1 saturated carbocycles. The first-order valence-corrected chi connectivity index (χ1v) is 12.3. The number of aliphatic imine (C=N–C) groups is 1. The molecule has 8 nitrogen and oxygen atoms in total. The van der Waals surface area contributed by atoms with Crippen molar-refractivity contribution in [3.8, 4) is 0 Å². The summed E-state index contributed by atoms with van der Waals surface area (Å²) in [5.41, 5.74) is 1.33. The van der Waals surface area contributed by atoms with Gasteiger partial charge in [0.05, 0.1) is 6.20 Å². The number of likely N-dealkylation sites (tertiary alicyclic amines) is 1. The molecule has 3 heterocycles. The van der Waals surface area contributed by atoms with Gasteiger partial charge in [-0.2, -0.15) is 5.10 Å². The summed E-state index contributed by atoms with van der Waals surface area (Å²) in [6.45, 7) is 2.93. The predicted octanol–water partition coefficient (Wildman–Crippen LogP) is 3.46. The maximum atomic E-state index is 4.52. The van der Waals surface area contributed by atoms with Crippen molar-refractivity contribution in [2.45, 2.75) is 62.1 Å². The highest BCUT2D eigenvalue weighted by atomic mass is 127. The molecule has 2 aliphatic rings. The van der Waals surface area contributed by atoms with Crippen molar-refractivity contribution in [3.05, 3.63) is 23.8 Å². The summed E-state index contributed by atoms with van der Waals surface area (Å²) in [4.78, 5) is 6.89. The summed E-state index contributed by atoms with van der Waals surface area (Å²) in [5, 5.41) is 17.9. The normalized spacial score (nSPS) is 19.8. The molecule has 0 spiro atoms. The highest BCUT2D eigenvalue weighted by Gasteiger charge is 2.27. The Morgan fingerprint density at radius 3 is 2.74 bits per heavy atom. The minimum absolute atomic E-state index is 0. The van der Waals surface area contributed by atoms with Gasteiger partial charge in [-0.25, -0.2) is 0 Å². The van der Waals surface area contributed by atoms with Gasteiger partial charge in [-0.1, -0.05) is 24.6 Å². The fraction of sp³-hybridized carbons (Fsp3) is 0.714. The quantitative estimate of drug-likeness (QED) is 0.185. The minimum atomic E-state index is 0. The van der Waals surface area contributed by atoms with Gasteiger partial charge in [0, 0.05) is 58.3 Å². The van der Waals surface area contributed by atoms with Gasteiger partial charge < -0.3 is 14.8 Å². The van der Waals surface area contributed by atoms with Crippen LogP contribution < -0.4 is 5.32 Å². The standard InChI is InChI=1S/C21H34N8S.HI/c1-22-20(28-12-10-16(15-28)17-13-24-27(2)14-17)23-11-6-9-19-25-26-21(30-3)29(19)18-7-4-5-8-18;/h13-14,16,18H,4-12,15H2,1-3H3,(H,22,23);1H. The third kappa shape index (κ3) is 5.74. The number of thioether (sulfide) groups is 1. The molecule has 1 saturated heterocycles. The highest BCUT2D eigenvalue weighted by molar-refractivity contribution is 14.0. The lowest BCUT2D eigenvalue weighted by atomic mass is 10.0. The van der Waals surface area contributed by atoms with Gasteiger partial charge in [0.25, 0.3) is 0 Å². The molecular weight excluding hydrogens is 523 g/mol. The molecule has 1 aliphatic heterocycles. The van der Waals surface area contributed by atoms with Gasteiger partial charge in [0.2, 0.25) is 0 Å². The highest BCUT2D eigenvalue weighted by Crippen LogP contribution is 2.33. The van der Waals surface area contributed by atoms with Crippen LogP contribution >= 0.6 is 35.7 Å². The monoisotopic (exact) mass is 558 g/mol. The molecule has 10 heteroatoms. The van der Waals surface area contributed by atoms with Crippen LogP contribution in [0.5, 0.6) is 0 Å². The van der Waals surface area contributed by atoms with E-state index in [0.29, 0.717) is 12.0 Å². The summed E-state index contributed by atoms with van der Waals surface area (Å²) in [5.74, 6) is 2.68. The molecular formula is C21H35IN8S. The van der Waals surface area contributed by atoms with E-state index in [9.17, 15) is 0 Å². The van der Waals surface area contributed by atoms with E-state index in [1.807, 2.05) is 25.0 Å². The third-order valence-electron chi connectivity index (χ3n) is 6.36. The number of halogens is 1. The maximum Gasteiger partial charge on any atom is 0.193 e. The van der Waals surface area contributed by atoms with Crippen molar-refractivity contribution in [1.82, 2.24) is 34.8 Å². The Labute approximate surface area is 206 Å². The average molecular weight is 559 g/mol. The van der Waals surface area contributed by atoms with Gasteiger partial charge >= 0.3 is 0 Å². The Kier molecular flexibility index (Phi) is 9.06. The first kappa shape index (κ1) is 24.3. The van der Waals surface area contributed by atoms with E-state index in [-0.39, 0.29) is 24.0 Å². The molecule has 1 unspecified atom stereocenters. The lowest BCUT2D eigenvalue weighted by molar-refractivity contribution is 0.458. The Bertz CT molecular complexity index is 857. The number of hydrogen-bond donors (Lipinski definition) is 1. The van der Waals surface area contributed by atoms with Crippen LogP contribution in [0, 0.1) is 0 Å². The van der Waals surface area contributed by atoms with E-state index >= 15 is 0 Å². The van der Waals surface area contributed by atoms with E-state index < -0.39 is 0 Å². The summed E-state index contributed by atoms with van der Waals surface area (Å²) in [6.07, 6.45) is 14.5. The fourth-order valence-electron chi connectivity index (χ4n) is 4.80. The number of rotatable bonds is 7. The van der Waals surface area contributed by atoms with Gasteiger partial charge in [-0.15, -0.1) is 34.2 Å². The van der Waals surface area contributed by atoms with Crippen LogP contribution in [0.3, 0.4) is 0 Å². The van der Waals surface area contributed by atoms with Crippen molar-refractivity contribution >= 4 is 41.7 Å². The molecule has 2 fully saturated rings. The molecule has 1 N–H and O–H groups in total. The molecule has 0 bridgehead atoms. The smallest absolute Gasteiger partial charge is 0.193 e. The Morgan fingerprint density at radius 2 is 2.06 bits per heavy atom. The zero-order valence-corrected chi connectivity index (χ0v) is 22.0. The van der Waals surface area contributed by atoms with Crippen molar-refractivity contribution in [3.63, 3.8) is 0 Å². The molecule has 172 valence electrons. The summed E-state index contributed by atoms with van der Waals surface area (Å²) in [7, 11) is 3.85. The van der Waals surface area contributed by atoms with Crippen LogP contribution in [0.25, 0.3) is 0 Å². The van der Waals surface area contributed by atoms with Crippen LogP contribution in [-0.4, -0.2) is 68.3 Å². The van der Waals surface area contributed by atoms with Crippen molar-refractivity contribution < 1.29 is 0 Å². The third-order valence-corrected chi connectivity index (χ3v) is 7.01. The number of guanidine groups is 1. The summed E-state index contributed by atoms with van der Waals surface area (Å²) in [6, 6.07) is 0.590. The lowest BCUT2D eigenvalue weighted by Gasteiger charge is -2.21. The van der Waals surface area contributed by atoms with E-state index in [1.165, 1.54) is 31.2 Å². The van der Waals surface area contributed by atoms with Crippen molar-refractivity contribution in [2.75, 3.05) is 32.9 Å². The topological polar surface area (TPSA) is 76.2 Å². The Balaban J connectivity index is 0.00000272. The first-order valence-electron chi connectivity index (χ1n) is 11.1. The summed E-state index contributed by atoms with van der Waals surface area (Å²) < 4.78 is 4.29. The summed E-state index contributed by atoms with van der Waals surface area (Å²) >= 11 is 1.71. The van der Waals surface area contributed by atoms with Crippen LogP contribution in [0.1, 0.15) is 61.9 Å².